The molecule has 0 aliphatic heterocycles. The van der Waals surface area contributed by atoms with E-state index in [0.29, 0.717) is 19.4 Å². The lowest BCUT2D eigenvalue weighted by molar-refractivity contribution is -0.121. The average molecular weight is 199 g/mol. The van der Waals surface area contributed by atoms with E-state index in [1.807, 2.05) is 0 Å². The first-order valence-electron chi connectivity index (χ1n) is 4.72. The van der Waals surface area contributed by atoms with Gasteiger partial charge < -0.3 is 10.6 Å². The molecule has 5 heteroatoms. The topological polar surface area (TPSA) is 70.6 Å². The van der Waals surface area contributed by atoms with Gasteiger partial charge in [-0.05, 0) is 0 Å². The van der Waals surface area contributed by atoms with Gasteiger partial charge in [-0.15, -0.1) is 0 Å². The summed E-state index contributed by atoms with van der Waals surface area (Å²) in [5.41, 5.74) is 0. The quantitative estimate of drug-likeness (QED) is 0.594. The van der Waals surface area contributed by atoms with Gasteiger partial charge in [0.1, 0.15) is 6.67 Å². The maximum atomic E-state index is 10.8. The van der Waals surface area contributed by atoms with Gasteiger partial charge in [-0.2, -0.15) is 0 Å². The van der Waals surface area contributed by atoms with Crippen LogP contribution in [0.15, 0.2) is 4.99 Å². The molecule has 0 aliphatic carbocycles. The van der Waals surface area contributed by atoms with Crippen molar-refractivity contribution >= 4 is 18.0 Å². The molecule has 2 amide bonds. The van der Waals surface area contributed by atoms with E-state index in [1.54, 1.807) is 20.1 Å². The van der Waals surface area contributed by atoms with Gasteiger partial charge in [0.15, 0.2) is 0 Å². The number of carbonyl (C=O) groups is 2. The summed E-state index contributed by atoms with van der Waals surface area (Å²) in [6.07, 6.45) is 2.51. The Hall–Kier alpha value is -1.39. The summed E-state index contributed by atoms with van der Waals surface area (Å²) in [6.45, 7) is 4.25. The van der Waals surface area contributed by atoms with E-state index in [1.165, 1.54) is 0 Å². The molecule has 14 heavy (non-hydrogen) atoms. The van der Waals surface area contributed by atoms with Crippen LogP contribution in [0.2, 0.25) is 0 Å². The van der Waals surface area contributed by atoms with Crippen LogP contribution < -0.4 is 10.6 Å². The number of hydrogen-bond donors (Lipinski definition) is 2. The Balaban J connectivity index is 3.36. The van der Waals surface area contributed by atoms with E-state index in [0.717, 1.165) is 0 Å². The van der Waals surface area contributed by atoms with Crippen molar-refractivity contribution in [2.75, 3.05) is 13.2 Å². The van der Waals surface area contributed by atoms with Gasteiger partial charge in [0, 0.05) is 19.1 Å². The number of nitrogens with one attached hydrogen (secondary N) is 2. The third-order valence-corrected chi connectivity index (χ3v) is 1.53. The van der Waals surface area contributed by atoms with E-state index in [-0.39, 0.29) is 18.5 Å². The van der Waals surface area contributed by atoms with E-state index in [2.05, 4.69) is 15.6 Å². The van der Waals surface area contributed by atoms with Crippen molar-refractivity contribution in [3.8, 4) is 0 Å². The van der Waals surface area contributed by atoms with Crippen molar-refractivity contribution in [3.63, 3.8) is 0 Å². The largest absolute Gasteiger partial charge is 0.351 e. The fraction of sp³-hybridized carbons (Fsp3) is 0.667. The second-order valence-electron chi connectivity index (χ2n) is 2.63. The molecule has 0 aliphatic rings. The molecule has 0 atom stereocenters. The van der Waals surface area contributed by atoms with Crippen LogP contribution in [0.3, 0.4) is 0 Å². The van der Waals surface area contributed by atoms with Crippen LogP contribution in [0, 0.1) is 0 Å². The van der Waals surface area contributed by atoms with E-state index < -0.39 is 0 Å². The number of amides is 2. The summed E-state index contributed by atoms with van der Waals surface area (Å²) in [5.74, 6) is -0.0335. The molecule has 2 N–H and O–H groups in total. The minimum atomic E-state index is -0.0280. The van der Waals surface area contributed by atoms with Crippen LogP contribution >= 0.6 is 0 Å². The Morgan fingerprint density at radius 1 is 1.14 bits per heavy atom. The number of rotatable bonds is 6. The van der Waals surface area contributed by atoms with Gasteiger partial charge in [0.05, 0.1) is 6.54 Å². The molecule has 0 saturated carbocycles. The molecule has 0 spiro atoms. The van der Waals surface area contributed by atoms with Crippen LogP contribution in [0.1, 0.15) is 26.7 Å². The highest BCUT2D eigenvalue weighted by Crippen LogP contribution is 1.74. The molecule has 0 aromatic heterocycles. The Morgan fingerprint density at radius 3 is 2.29 bits per heavy atom. The van der Waals surface area contributed by atoms with Crippen molar-refractivity contribution in [2.45, 2.75) is 26.7 Å². The van der Waals surface area contributed by atoms with Gasteiger partial charge in [0.25, 0.3) is 0 Å². The van der Waals surface area contributed by atoms with Crippen LogP contribution in [0.25, 0.3) is 0 Å². The SMILES string of the molecule is CCC(=O)NC/C=N/CNC(=O)CC. The van der Waals surface area contributed by atoms with Crippen molar-refractivity contribution in [2.24, 2.45) is 4.99 Å². The Bertz CT molecular complexity index is 192. The van der Waals surface area contributed by atoms with E-state index >= 15 is 0 Å². The second-order valence-corrected chi connectivity index (χ2v) is 2.63. The van der Waals surface area contributed by atoms with Crippen LogP contribution in [0.5, 0.6) is 0 Å². The van der Waals surface area contributed by atoms with Crippen LogP contribution in [-0.4, -0.2) is 31.2 Å². The number of carbonyl (C=O) groups excluding carboxylic acids is 2. The predicted octanol–water partition coefficient (Wildman–Crippen LogP) is 0.0671. The normalized spacial score (nSPS) is 10.1. The first kappa shape index (κ1) is 12.6. The maximum Gasteiger partial charge on any atom is 0.221 e. The zero-order valence-corrected chi connectivity index (χ0v) is 8.67. The third-order valence-electron chi connectivity index (χ3n) is 1.53. The lowest BCUT2D eigenvalue weighted by Crippen LogP contribution is -2.25. The zero-order valence-electron chi connectivity index (χ0n) is 8.67. The van der Waals surface area contributed by atoms with Crippen molar-refractivity contribution < 1.29 is 9.59 Å². The van der Waals surface area contributed by atoms with Crippen molar-refractivity contribution in [1.29, 1.82) is 0 Å². The highest BCUT2D eigenvalue weighted by molar-refractivity contribution is 5.78. The van der Waals surface area contributed by atoms with Gasteiger partial charge >= 0.3 is 0 Å². The van der Waals surface area contributed by atoms with Crippen LogP contribution in [-0.2, 0) is 9.59 Å². The van der Waals surface area contributed by atoms with Crippen molar-refractivity contribution in [3.05, 3.63) is 0 Å². The molecule has 0 fully saturated rings. The zero-order chi connectivity index (χ0) is 10.8. The van der Waals surface area contributed by atoms with Gasteiger partial charge in [0.2, 0.25) is 11.8 Å². The molecule has 0 heterocycles. The summed E-state index contributed by atoms with van der Waals surface area (Å²) in [7, 11) is 0. The molecule has 0 rings (SSSR count). The maximum absolute atomic E-state index is 10.8. The standard InChI is InChI=1S/C9H17N3O2/c1-3-8(13)11-6-5-10-7-12-9(14)4-2/h5H,3-4,6-7H2,1-2H3,(H,11,13)(H,12,14)/b10-5+. The van der Waals surface area contributed by atoms with Gasteiger partial charge in [-0.25, -0.2) is 0 Å². The molecule has 0 bridgehead atoms. The number of aliphatic imine (C=N–C) groups is 1. The highest BCUT2D eigenvalue weighted by atomic mass is 16.2. The predicted molar refractivity (Wildman–Crippen MR) is 55.1 cm³/mol. The lowest BCUT2D eigenvalue weighted by atomic mass is 10.4. The van der Waals surface area contributed by atoms with Gasteiger partial charge in [-0.3, -0.25) is 14.6 Å². The minimum absolute atomic E-state index is 0.00552. The molecule has 5 nitrogen and oxygen atoms in total. The molecule has 80 valence electrons. The first-order valence-corrected chi connectivity index (χ1v) is 4.72. The molecule has 0 radical (unpaired) electrons. The molecule has 0 unspecified atom stereocenters. The molecule has 0 saturated heterocycles. The molecule has 0 aromatic rings. The third kappa shape index (κ3) is 7.27. The van der Waals surface area contributed by atoms with E-state index in [9.17, 15) is 9.59 Å². The monoisotopic (exact) mass is 199 g/mol. The molecular weight excluding hydrogens is 182 g/mol. The summed E-state index contributed by atoms with van der Waals surface area (Å²) in [6, 6.07) is 0. The lowest BCUT2D eigenvalue weighted by Gasteiger charge is -1.99. The molecular formula is C9H17N3O2. The Kier molecular flexibility index (Phi) is 7.40. The Labute approximate surface area is 84.0 Å². The summed E-state index contributed by atoms with van der Waals surface area (Å²) >= 11 is 0. The van der Waals surface area contributed by atoms with Crippen molar-refractivity contribution in [1.82, 2.24) is 10.6 Å². The van der Waals surface area contributed by atoms with E-state index in [4.69, 9.17) is 0 Å². The van der Waals surface area contributed by atoms with Gasteiger partial charge in [-0.1, -0.05) is 13.8 Å². The Morgan fingerprint density at radius 2 is 1.71 bits per heavy atom. The summed E-state index contributed by atoms with van der Waals surface area (Å²) < 4.78 is 0. The second kappa shape index (κ2) is 8.22. The number of nitrogens with zero attached hydrogens (tertiary/aromatic N) is 1. The summed E-state index contributed by atoms with van der Waals surface area (Å²) in [4.78, 5) is 25.4. The number of hydrogen-bond acceptors (Lipinski definition) is 3. The average Bonchev–Trinajstić information content (AvgIpc) is 2.22. The first-order chi connectivity index (χ1) is 6.70. The fourth-order valence-corrected chi connectivity index (χ4v) is 0.672. The highest BCUT2D eigenvalue weighted by Gasteiger charge is 1.93. The van der Waals surface area contributed by atoms with Crippen LogP contribution in [0.4, 0.5) is 0 Å². The summed E-state index contributed by atoms with van der Waals surface area (Å²) in [5, 5.41) is 5.22. The molecule has 0 aromatic carbocycles. The minimum Gasteiger partial charge on any atom is -0.351 e. The smallest absolute Gasteiger partial charge is 0.221 e. The fourth-order valence-electron chi connectivity index (χ4n) is 0.672.